The minimum atomic E-state index is -1.00. The zero-order valence-corrected chi connectivity index (χ0v) is 13.2. The minimum absolute atomic E-state index is 0.334. The summed E-state index contributed by atoms with van der Waals surface area (Å²) < 4.78 is 22.8. The Morgan fingerprint density at radius 1 is 1.33 bits per heavy atom. The fourth-order valence-electron chi connectivity index (χ4n) is 2.58. The van der Waals surface area contributed by atoms with Gasteiger partial charge in [0.2, 0.25) is 0 Å². The van der Waals surface area contributed by atoms with Crippen molar-refractivity contribution in [2.24, 2.45) is 5.92 Å². The summed E-state index contributed by atoms with van der Waals surface area (Å²) in [5.74, 6) is -1.81. The molecule has 21 heavy (non-hydrogen) atoms. The van der Waals surface area contributed by atoms with Crippen LogP contribution in [0.4, 0.5) is 9.32 Å². The topological polar surface area (TPSA) is 65.1 Å². The summed E-state index contributed by atoms with van der Waals surface area (Å²) in [6.07, 6.45) is 0.360. The molecule has 0 saturated carbocycles. The maximum Gasteiger partial charge on any atom is 0.410 e. The van der Waals surface area contributed by atoms with Crippen molar-refractivity contribution in [3.05, 3.63) is 0 Å². The summed E-state index contributed by atoms with van der Waals surface area (Å²) >= 11 is 0. The van der Waals surface area contributed by atoms with Crippen molar-refractivity contribution in [1.29, 1.82) is 0 Å². The molecule has 1 rings (SSSR count). The lowest BCUT2D eigenvalue weighted by molar-refractivity contribution is -0.194. The average molecular weight is 305 g/mol. The first-order chi connectivity index (χ1) is 9.71. The zero-order chi connectivity index (χ0) is 16.2. The van der Waals surface area contributed by atoms with E-state index in [-0.39, 0.29) is 6.04 Å². The van der Waals surface area contributed by atoms with E-state index < -0.39 is 29.7 Å². The zero-order valence-electron chi connectivity index (χ0n) is 13.2. The fourth-order valence-corrected chi connectivity index (χ4v) is 2.58. The van der Waals surface area contributed by atoms with Crippen LogP contribution in [0.25, 0.3) is 0 Å². The number of amides is 1. The van der Waals surface area contributed by atoms with Gasteiger partial charge in [-0.2, -0.15) is 0 Å². The summed E-state index contributed by atoms with van der Waals surface area (Å²) in [5, 5.41) is 0. The Bertz CT molecular complexity index is 382. The second kappa shape index (κ2) is 7.06. The number of carbonyl (C=O) groups excluding carboxylic acids is 2. The Balaban J connectivity index is 2.83. The first kappa shape index (κ1) is 17.7. The number of hydrogen-bond acceptors (Lipinski definition) is 5. The molecule has 122 valence electrons. The smallest absolute Gasteiger partial charge is 0.410 e. The Hall–Kier alpha value is -1.37. The van der Waals surface area contributed by atoms with Gasteiger partial charge in [0, 0.05) is 18.2 Å². The molecule has 0 aliphatic carbocycles. The van der Waals surface area contributed by atoms with Gasteiger partial charge < -0.3 is 14.4 Å². The Morgan fingerprint density at radius 3 is 2.43 bits per heavy atom. The van der Waals surface area contributed by atoms with Gasteiger partial charge in [-0.15, -0.1) is 0 Å². The molecule has 1 heterocycles. The molecule has 1 aliphatic heterocycles. The van der Waals surface area contributed by atoms with Crippen LogP contribution in [0.5, 0.6) is 0 Å². The highest BCUT2D eigenvalue weighted by Gasteiger charge is 2.42. The Morgan fingerprint density at radius 2 is 1.95 bits per heavy atom. The number of methoxy groups -OCH3 is 1. The van der Waals surface area contributed by atoms with E-state index in [2.05, 4.69) is 4.94 Å². The van der Waals surface area contributed by atoms with E-state index in [1.165, 1.54) is 14.0 Å². The molecule has 1 saturated heterocycles. The molecule has 0 aromatic carbocycles. The highest BCUT2D eigenvalue weighted by molar-refractivity contribution is 5.73. The van der Waals surface area contributed by atoms with E-state index in [1.807, 2.05) is 0 Å². The Kier molecular flexibility index (Phi) is 5.95. The number of ether oxygens (including phenoxy) is 2. The van der Waals surface area contributed by atoms with E-state index in [4.69, 9.17) is 9.47 Å². The molecule has 1 fully saturated rings. The van der Waals surface area contributed by atoms with Gasteiger partial charge in [0.25, 0.3) is 0 Å². The predicted molar refractivity (Wildman–Crippen MR) is 73.1 cm³/mol. The van der Waals surface area contributed by atoms with Gasteiger partial charge in [-0.25, -0.2) is 9.59 Å². The normalized spacial score (nSPS) is 21.8. The van der Waals surface area contributed by atoms with Crippen molar-refractivity contribution in [2.75, 3.05) is 13.7 Å². The summed E-state index contributed by atoms with van der Waals surface area (Å²) in [4.78, 5) is 28.4. The van der Waals surface area contributed by atoms with Gasteiger partial charge >= 0.3 is 12.1 Å². The van der Waals surface area contributed by atoms with Gasteiger partial charge in [0.05, 0.1) is 18.1 Å². The number of nitrogens with zero attached hydrogens (tertiary/aromatic N) is 1. The van der Waals surface area contributed by atoms with Crippen molar-refractivity contribution < 1.29 is 28.5 Å². The number of hydrogen-bond donors (Lipinski definition) is 0. The van der Waals surface area contributed by atoms with Crippen molar-refractivity contribution in [3.8, 4) is 0 Å². The standard InChI is InChI=1S/C14H24FNO5/c1-9(12(17)21-15)11(19-5)10-7-6-8-16(10)13(18)20-14(2,3)4/h9-11H,6-8H2,1-5H3. The number of rotatable bonds is 4. The van der Waals surface area contributed by atoms with Crippen molar-refractivity contribution in [1.82, 2.24) is 4.90 Å². The molecular weight excluding hydrogens is 281 g/mol. The van der Waals surface area contributed by atoms with Gasteiger partial charge in [-0.3, -0.25) is 4.94 Å². The lowest BCUT2D eigenvalue weighted by Crippen LogP contribution is -2.49. The van der Waals surface area contributed by atoms with Crippen LogP contribution in [0.2, 0.25) is 0 Å². The Labute approximate surface area is 124 Å². The van der Waals surface area contributed by atoms with Gasteiger partial charge in [0.15, 0.2) is 0 Å². The molecular formula is C14H24FNO5. The molecule has 6 nitrogen and oxygen atoms in total. The molecule has 0 bridgehead atoms. The van der Waals surface area contributed by atoms with Crippen LogP contribution in [-0.2, 0) is 19.2 Å². The maximum atomic E-state index is 12.2. The summed E-state index contributed by atoms with van der Waals surface area (Å²) in [7, 11) is 1.43. The number of carbonyl (C=O) groups is 2. The van der Waals surface area contributed by atoms with Crippen LogP contribution in [0.15, 0.2) is 0 Å². The highest BCUT2D eigenvalue weighted by Crippen LogP contribution is 2.28. The van der Waals surface area contributed by atoms with Crippen molar-refractivity contribution in [2.45, 2.75) is 58.3 Å². The van der Waals surface area contributed by atoms with Crippen molar-refractivity contribution >= 4 is 12.1 Å². The summed E-state index contributed by atoms with van der Waals surface area (Å²) in [6, 6.07) is -0.334. The second-order valence-corrected chi connectivity index (χ2v) is 6.27. The van der Waals surface area contributed by atoms with E-state index in [0.717, 1.165) is 6.42 Å². The van der Waals surface area contributed by atoms with Crippen LogP contribution < -0.4 is 0 Å². The van der Waals surface area contributed by atoms with E-state index in [1.54, 1.807) is 25.7 Å². The summed E-state index contributed by atoms with van der Waals surface area (Å²) in [5.41, 5.74) is -0.601. The second-order valence-electron chi connectivity index (χ2n) is 6.27. The molecule has 3 atom stereocenters. The van der Waals surface area contributed by atoms with Crippen LogP contribution >= 0.6 is 0 Å². The van der Waals surface area contributed by atoms with Crippen LogP contribution in [0, 0.1) is 5.92 Å². The van der Waals surface area contributed by atoms with Crippen LogP contribution in [0.3, 0.4) is 0 Å². The van der Waals surface area contributed by atoms with Gasteiger partial charge in [-0.05, 0) is 40.5 Å². The number of halogens is 1. The molecule has 0 N–H and O–H groups in total. The third kappa shape index (κ3) is 4.56. The molecule has 7 heteroatoms. The van der Waals surface area contributed by atoms with Crippen LogP contribution in [-0.4, -0.2) is 48.4 Å². The largest absolute Gasteiger partial charge is 0.444 e. The van der Waals surface area contributed by atoms with E-state index >= 15 is 0 Å². The molecule has 1 amide bonds. The lowest BCUT2D eigenvalue weighted by atomic mass is 9.96. The highest BCUT2D eigenvalue weighted by atomic mass is 19.3. The minimum Gasteiger partial charge on any atom is -0.444 e. The third-order valence-corrected chi connectivity index (χ3v) is 3.52. The first-order valence-electron chi connectivity index (χ1n) is 7.06. The first-order valence-corrected chi connectivity index (χ1v) is 7.06. The fraction of sp³-hybridized carbons (Fsp3) is 0.857. The lowest BCUT2D eigenvalue weighted by Gasteiger charge is -2.34. The maximum absolute atomic E-state index is 12.2. The quantitative estimate of drug-likeness (QED) is 0.798. The predicted octanol–water partition coefficient (Wildman–Crippen LogP) is 2.46. The number of likely N-dealkylation sites (tertiary alicyclic amines) is 1. The van der Waals surface area contributed by atoms with Gasteiger partial charge in [0.1, 0.15) is 5.60 Å². The molecule has 0 spiro atoms. The van der Waals surface area contributed by atoms with Gasteiger partial charge in [-0.1, -0.05) is 0 Å². The molecule has 0 aromatic heterocycles. The molecule has 3 unspecified atom stereocenters. The van der Waals surface area contributed by atoms with E-state index in [9.17, 15) is 14.1 Å². The molecule has 0 radical (unpaired) electrons. The molecule has 1 aliphatic rings. The van der Waals surface area contributed by atoms with E-state index in [0.29, 0.717) is 13.0 Å². The van der Waals surface area contributed by atoms with Crippen molar-refractivity contribution in [3.63, 3.8) is 0 Å². The van der Waals surface area contributed by atoms with Crippen LogP contribution in [0.1, 0.15) is 40.5 Å². The average Bonchev–Trinajstić information content (AvgIpc) is 2.85. The SMILES string of the molecule is COC(C(C)C(=O)OF)C1CCCN1C(=O)OC(C)(C)C. The third-order valence-electron chi connectivity index (χ3n) is 3.52. The molecule has 0 aromatic rings. The summed E-state index contributed by atoms with van der Waals surface area (Å²) in [6.45, 7) is 7.39. The monoisotopic (exact) mass is 305 g/mol.